The van der Waals surface area contributed by atoms with E-state index in [1.165, 1.54) is 5.56 Å². The van der Waals surface area contributed by atoms with Gasteiger partial charge in [-0.15, -0.1) is 0 Å². The minimum Gasteiger partial charge on any atom is -0.496 e. The minimum absolute atomic E-state index is 0.800. The monoisotopic (exact) mass is 230 g/mol. The van der Waals surface area contributed by atoms with Gasteiger partial charge in [-0.1, -0.05) is 5.16 Å². The number of hydrogen-bond acceptors (Lipinski definition) is 4. The Kier molecular flexibility index (Phi) is 2.37. The lowest BCUT2D eigenvalue weighted by Crippen LogP contribution is -2.01. The zero-order chi connectivity index (χ0) is 11.8. The molecule has 0 spiro atoms. The van der Waals surface area contributed by atoms with Crippen molar-refractivity contribution >= 4 is 0 Å². The average molecular weight is 230 g/mol. The van der Waals surface area contributed by atoms with E-state index in [1.54, 1.807) is 7.11 Å². The molecule has 0 radical (unpaired) electrons. The van der Waals surface area contributed by atoms with Crippen LogP contribution < -0.4 is 10.1 Å². The Labute approximate surface area is 99.6 Å². The van der Waals surface area contributed by atoms with Crippen LogP contribution in [0.4, 0.5) is 0 Å². The number of fused-ring (bicyclic) bond motifs is 1. The molecule has 2 heterocycles. The summed E-state index contributed by atoms with van der Waals surface area (Å²) < 4.78 is 10.7. The number of nitrogens with zero attached hydrogens (tertiary/aromatic N) is 1. The van der Waals surface area contributed by atoms with E-state index in [9.17, 15) is 0 Å². The fourth-order valence-electron chi connectivity index (χ4n) is 2.22. The van der Waals surface area contributed by atoms with Crippen LogP contribution in [-0.2, 0) is 13.1 Å². The molecule has 0 saturated carbocycles. The first-order valence-electron chi connectivity index (χ1n) is 5.62. The Morgan fingerprint density at radius 1 is 1.35 bits per heavy atom. The molecule has 0 amide bonds. The Morgan fingerprint density at radius 2 is 2.24 bits per heavy atom. The molecule has 4 heteroatoms. The molecular formula is C13H14N2O2. The molecule has 1 N–H and O–H groups in total. The number of nitrogens with one attached hydrogen (secondary N) is 1. The topological polar surface area (TPSA) is 47.3 Å². The second-order valence-corrected chi connectivity index (χ2v) is 4.22. The van der Waals surface area contributed by atoms with Crippen molar-refractivity contribution in [3.63, 3.8) is 0 Å². The molecule has 0 aliphatic carbocycles. The number of methoxy groups -OCH3 is 1. The summed E-state index contributed by atoms with van der Waals surface area (Å²) in [5.41, 5.74) is 4.35. The van der Waals surface area contributed by atoms with Crippen LogP contribution >= 0.6 is 0 Å². The number of benzene rings is 1. The summed E-state index contributed by atoms with van der Waals surface area (Å²) in [7, 11) is 1.68. The van der Waals surface area contributed by atoms with Crippen molar-refractivity contribution in [3.05, 3.63) is 35.0 Å². The van der Waals surface area contributed by atoms with Crippen molar-refractivity contribution in [2.45, 2.75) is 20.0 Å². The van der Waals surface area contributed by atoms with Gasteiger partial charge < -0.3 is 14.6 Å². The largest absolute Gasteiger partial charge is 0.496 e. The highest BCUT2D eigenvalue weighted by Crippen LogP contribution is 2.31. The van der Waals surface area contributed by atoms with Crippen molar-refractivity contribution in [3.8, 4) is 17.1 Å². The number of aromatic nitrogens is 1. The van der Waals surface area contributed by atoms with E-state index in [4.69, 9.17) is 9.26 Å². The third kappa shape index (κ3) is 1.61. The van der Waals surface area contributed by atoms with Crippen LogP contribution in [0.3, 0.4) is 0 Å². The molecular weight excluding hydrogens is 216 g/mol. The van der Waals surface area contributed by atoms with Gasteiger partial charge in [0.2, 0.25) is 0 Å². The third-order valence-corrected chi connectivity index (χ3v) is 3.12. The maximum absolute atomic E-state index is 5.42. The van der Waals surface area contributed by atoms with Crippen LogP contribution in [0.2, 0.25) is 0 Å². The van der Waals surface area contributed by atoms with E-state index in [-0.39, 0.29) is 0 Å². The van der Waals surface area contributed by atoms with Crippen molar-refractivity contribution in [1.82, 2.24) is 10.5 Å². The SMILES string of the molecule is COc1ccc(-c2onc3c2CNC3)cc1C. The fourth-order valence-corrected chi connectivity index (χ4v) is 2.22. The highest BCUT2D eigenvalue weighted by molar-refractivity contribution is 5.65. The van der Waals surface area contributed by atoms with Gasteiger partial charge >= 0.3 is 0 Å². The second-order valence-electron chi connectivity index (χ2n) is 4.22. The highest BCUT2D eigenvalue weighted by atomic mass is 16.5. The molecule has 3 rings (SSSR count). The average Bonchev–Trinajstić information content (AvgIpc) is 2.90. The Bertz CT molecular complexity index is 561. The predicted octanol–water partition coefficient (Wildman–Crippen LogP) is 2.26. The quantitative estimate of drug-likeness (QED) is 0.859. The number of aryl methyl sites for hydroxylation is 1. The fraction of sp³-hybridized carbons (Fsp3) is 0.308. The van der Waals surface area contributed by atoms with Gasteiger partial charge in [0.15, 0.2) is 5.76 Å². The van der Waals surface area contributed by atoms with Crippen LogP contribution in [0.5, 0.6) is 5.75 Å². The lowest BCUT2D eigenvalue weighted by Gasteiger charge is -2.06. The second kappa shape index (κ2) is 3.89. The lowest BCUT2D eigenvalue weighted by atomic mass is 10.1. The smallest absolute Gasteiger partial charge is 0.171 e. The molecule has 1 aromatic carbocycles. The summed E-state index contributed by atoms with van der Waals surface area (Å²) in [6.45, 7) is 3.66. The predicted molar refractivity (Wildman–Crippen MR) is 63.8 cm³/mol. The molecule has 2 aromatic rings. The van der Waals surface area contributed by atoms with Crippen molar-refractivity contribution in [2.75, 3.05) is 7.11 Å². The maximum Gasteiger partial charge on any atom is 0.171 e. The molecule has 0 bridgehead atoms. The molecule has 0 fully saturated rings. The van der Waals surface area contributed by atoms with Crippen LogP contribution in [0.25, 0.3) is 11.3 Å². The Balaban J connectivity index is 2.06. The van der Waals surface area contributed by atoms with Crippen LogP contribution in [0.15, 0.2) is 22.7 Å². The molecule has 1 aliphatic heterocycles. The van der Waals surface area contributed by atoms with E-state index in [0.717, 1.165) is 41.4 Å². The first kappa shape index (κ1) is 10.4. The Morgan fingerprint density at radius 3 is 3.00 bits per heavy atom. The van der Waals surface area contributed by atoms with Crippen LogP contribution in [0, 0.1) is 6.92 Å². The standard InChI is InChI=1S/C13H14N2O2/c1-8-5-9(3-4-12(8)16-2)13-10-6-14-7-11(10)15-17-13/h3-5,14H,6-7H2,1-2H3. The minimum atomic E-state index is 0.800. The molecule has 1 aliphatic rings. The van der Waals surface area contributed by atoms with Crippen molar-refractivity contribution < 1.29 is 9.26 Å². The van der Waals surface area contributed by atoms with Gasteiger partial charge in [-0.3, -0.25) is 0 Å². The molecule has 4 nitrogen and oxygen atoms in total. The maximum atomic E-state index is 5.42. The van der Waals surface area contributed by atoms with E-state index in [2.05, 4.69) is 16.5 Å². The van der Waals surface area contributed by atoms with Crippen LogP contribution in [0.1, 0.15) is 16.8 Å². The van der Waals surface area contributed by atoms with Crippen LogP contribution in [-0.4, -0.2) is 12.3 Å². The van der Waals surface area contributed by atoms with Gasteiger partial charge in [0.05, 0.1) is 7.11 Å². The Hall–Kier alpha value is -1.81. The molecule has 1 aromatic heterocycles. The summed E-state index contributed by atoms with van der Waals surface area (Å²) in [6, 6.07) is 6.03. The summed E-state index contributed by atoms with van der Waals surface area (Å²) in [5.74, 6) is 1.76. The first-order chi connectivity index (χ1) is 8.29. The number of rotatable bonds is 2. The number of hydrogen-bond donors (Lipinski definition) is 1. The number of ether oxygens (including phenoxy) is 1. The van der Waals surface area contributed by atoms with E-state index in [1.807, 2.05) is 19.1 Å². The summed E-state index contributed by atoms with van der Waals surface area (Å²) in [4.78, 5) is 0. The zero-order valence-corrected chi connectivity index (χ0v) is 9.91. The molecule has 17 heavy (non-hydrogen) atoms. The molecule has 0 atom stereocenters. The summed E-state index contributed by atoms with van der Waals surface area (Å²) in [5, 5.41) is 7.34. The molecule has 0 unspecified atom stereocenters. The highest BCUT2D eigenvalue weighted by Gasteiger charge is 2.21. The third-order valence-electron chi connectivity index (χ3n) is 3.12. The zero-order valence-electron chi connectivity index (χ0n) is 9.91. The van der Waals surface area contributed by atoms with E-state index < -0.39 is 0 Å². The van der Waals surface area contributed by atoms with E-state index >= 15 is 0 Å². The van der Waals surface area contributed by atoms with Gasteiger partial charge in [0, 0.05) is 24.2 Å². The van der Waals surface area contributed by atoms with E-state index in [0.29, 0.717) is 0 Å². The van der Waals surface area contributed by atoms with Crippen molar-refractivity contribution in [1.29, 1.82) is 0 Å². The van der Waals surface area contributed by atoms with Gasteiger partial charge in [-0.05, 0) is 30.7 Å². The molecule has 0 saturated heterocycles. The summed E-state index contributed by atoms with van der Waals surface area (Å²) in [6.07, 6.45) is 0. The normalized spacial score (nSPS) is 13.8. The molecule has 88 valence electrons. The van der Waals surface area contributed by atoms with Crippen molar-refractivity contribution in [2.24, 2.45) is 0 Å². The van der Waals surface area contributed by atoms with Gasteiger partial charge in [-0.25, -0.2) is 0 Å². The lowest BCUT2D eigenvalue weighted by molar-refractivity contribution is 0.410. The van der Waals surface area contributed by atoms with Gasteiger partial charge in [-0.2, -0.15) is 0 Å². The summed E-state index contributed by atoms with van der Waals surface area (Å²) >= 11 is 0. The van der Waals surface area contributed by atoms with Gasteiger partial charge in [0.25, 0.3) is 0 Å². The van der Waals surface area contributed by atoms with Gasteiger partial charge in [0.1, 0.15) is 11.4 Å². The first-order valence-corrected chi connectivity index (χ1v) is 5.62.